The van der Waals surface area contributed by atoms with Gasteiger partial charge in [-0.2, -0.15) is 0 Å². The summed E-state index contributed by atoms with van der Waals surface area (Å²) in [4.78, 5) is 58.7. The fourth-order valence-corrected chi connectivity index (χ4v) is 2.82. The van der Waals surface area contributed by atoms with Crippen molar-refractivity contribution < 1.29 is 43.5 Å². The molecule has 0 spiro atoms. The highest BCUT2D eigenvalue weighted by Crippen LogP contribution is 2.33. The number of rotatable bonds is 9. The van der Waals surface area contributed by atoms with Gasteiger partial charge in [0.2, 0.25) is 6.61 Å². The van der Waals surface area contributed by atoms with Gasteiger partial charge in [0.25, 0.3) is 11.8 Å². The molecule has 15 heteroatoms. The molecule has 1 fully saturated rings. The third-order valence-corrected chi connectivity index (χ3v) is 4.34. The Morgan fingerprint density at radius 3 is 2.62 bits per heavy atom. The largest absolute Gasteiger partial charge is 0.479 e. The summed E-state index contributed by atoms with van der Waals surface area (Å²) < 4.78 is 13.3. The second-order valence-electron chi connectivity index (χ2n) is 6.13. The van der Waals surface area contributed by atoms with Crippen LogP contribution in [0.25, 0.3) is 0 Å². The van der Waals surface area contributed by atoms with Crippen molar-refractivity contribution >= 4 is 45.9 Å². The first-order valence-electron chi connectivity index (χ1n) is 7.76. The lowest BCUT2D eigenvalue weighted by Gasteiger charge is -2.51. The predicted octanol–water partition coefficient (Wildman–Crippen LogP) is -1.05. The molecule has 2 amide bonds. The first kappa shape index (κ1) is 22.0. The number of hydrogen-bond donors (Lipinski definition) is 4. The summed E-state index contributed by atoms with van der Waals surface area (Å²) in [6, 6.07) is -1.23. The standard InChI is InChI=1S/C14H16FN5O8S/c1-14(2)8(11(24)20(14)28-9(15)12(25)26)18-10(23)7(19-27-3-6(21)22)5-4-29-13(16)17-5/h4,8-9H,3H2,1-2H3,(H2,16,17)(H,18,23)(H,21,22)(H,25,26)/b19-7-/t8-,9?/m1/s1. The summed E-state index contributed by atoms with van der Waals surface area (Å²) in [7, 11) is 0. The number of aromatic nitrogens is 1. The summed E-state index contributed by atoms with van der Waals surface area (Å²) in [5.41, 5.74) is 3.73. The van der Waals surface area contributed by atoms with Gasteiger partial charge in [-0.05, 0) is 13.8 Å². The Balaban J connectivity index is 2.15. The van der Waals surface area contributed by atoms with Crippen LogP contribution in [-0.4, -0.2) is 74.3 Å². The molecule has 1 aromatic heterocycles. The molecule has 2 atom stereocenters. The molecule has 0 radical (unpaired) electrons. The van der Waals surface area contributed by atoms with E-state index in [9.17, 15) is 23.6 Å². The number of carbonyl (C=O) groups excluding carboxylic acids is 2. The van der Waals surface area contributed by atoms with Crippen LogP contribution in [0.4, 0.5) is 9.52 Å². The van der Waals surface area contributed by atoms with Gasteiger partial charge in [-0.25, -0.2) is 28.9 Å². The van der Waals surface area contributed by atoms with Gasteiger partial charge in [0.1, 0.15) is 11.7 Å². The molecule has 5 N–H and O–H groups in total. The summed E-state index contributed by atoms with van der Waals surface area (Å²) in [5, 5.41) is 24.9. The molecule has 2 heterocycles. The van der Waals surface area contributed by atoms with E-state index in [0.29, 0.717) is 5.06 Å². The van der Waals surface area contributed by atoms with E-state index < -0.39 is 54.0 Å². The van der Waals surface area contributed by atoms with Crippen LogP contribution >= 0.6 is 11.3 Å². The van der Waals surface area contributed by atoms with Gasteiger partial charge in [0.15, 0.2) is 10.8 Å². The monoisotopic (exact) mass is 433 g/mol. The first-order valence-corrected chi connectivity index (χ1v) is 8.64. The highest BCUT2D eigenvalue weighted by Gasteiger charge is 2.57. The van der Waals surface area contributed by atoms with Crippen LogP contribution in [0.5, 0.6) is 0 Å². The number of nitrogens with one attached hydrogen (secondary N) is 1. The number of nitrogen functional groups attached to an aromatic ring is 1. The maximum Gasteiger partial charge on any atom is 0.368 e. The van der Waals surface area contributed by atoms with Gasteiger partial charge >= 0.3 is 18.3 Å². The van der Waals surface area contributed by atoms with Crippen LogP contribution in [0, 0.1) is 0 Å². The number of aliphatic carboxylic acids is 2. The number of amides is 2. The van der Waals surface area contributed by atoms with Gasteiger partial charge < -0.3 is 26.1 Å². The van der Waals surface area contributed by atoms with Crippen molar-refractivity contribution in [2.24, 2.45) is 5.16 Å². The first-order chi connectivity index (χ1) is 13.4. The number of carbonyl (C=O) groups is 4. The molecule has 0 aliphatic carbocycles. The minimum atomic E-state index is -2.77. The van der Waals surface area contributed by atoms with Crippen LogP contribution in [0.15, 0.2) is 10.5 Å². The zero-order valence-corrected chi connectivity index (χ0v) is 15.8. The number of β-lactam (4-membered cyclic amide) rings is 1. The van der Waals surface area contributed by atoms with Gasteiger partial charge in [-0.15, -0.1) is 11.3 Å². The number of hydrogen-bond acceptors (Lipinski definition) is 10. The second-order valence-corrected chi connectivity index (χ2v) is 7.02. The molecule has 0 aromatic carbocycles. The van der Waals surface area contributed by atoms with Gasteiger partial charge in [0, 0.05) is 5.38 Å². The molecule has 1 saturated heterocycles. The Morgan fingerprint density at radius 2 is 2.14 bits per heavy atom. The molecule has 29 heavy (non-hydrogen) atoms. The lowest BCUT2D eigenvalue weighted by atomic mass is 9.84. The molecule has 1 aliphatic heterocycles. The van der Waals surface area contributed by atoms with Crippen LogP contribution in [0.3, 0.4) is 0 Å². The number of alkyl halides is 1. The molecule has 1 aromatic rings. The minimum Gasteiger partial charge on any atom is -0.479 e. The van der Waals surface area contributed by atoms with Crippen LogP contribution in [0.2, 0.25) is 0 Å². The Kier molecular flexibility index (Phi) is 6.33. The Labute approximate surface area is 165 Å². The molecule has 158 valence electrons. The van der Waals surface area contributed by atoms with Crippen molar-refractivity contribution in [2.45, 2.75) is 31.8 Å². The Bertz CT molecular complexity index is 872. The molecule has 1 aliphatic rings. The summed E-state index contributed by atoms with van der Waals surface area (Å²) in [5.74, 6) is -5.13. The molecule has 1 unspecified atom stereocenters. The normalized spacial score (nSPS) is 19.3. The number of nitrogens with zero attached hydrogens (tertiary/aromatic N) is 3. The molecule has 13 nitrogen and oxygen atoms in total. The second kappa shape index (κ2) is 8.36. The van der Waals surface area contributed by atoms with Crippen molar-refractivity contribution in [3.8, 4) is 0 Å². The zero-order valence-electron chi connectivity index (χ0n) is 15.0. The third kappa shape index (κ3) is 4.75. The maximum absolute atomic E-state index is 13.3. The number of oxime groups is 1. The summed E-state index contributed by atoms with van der Waals surface area (Å²) in [6.45, 7) is 1.96. The van der Waals surface area contributed by atoms with E-state index in [0.717, 1.165) is 11.3 Å². The van der Waals surface area contributed by atoms with Gasteiger partial charge in [-0.3, -0.25) is 9.59 Å². The van der Waals surface area contributed by atoms with Gasteiger partial charge in [-0.1, -0.05) is 5.16 Å². The number of hydroxylamine groups is 2. The van der Waals surface area contributed by atoms with E-state index in [1.54, 1.807) is 0 Å². The van der Waals surface area contributed by atoms with Gasteiger partial charge in [0.05, 0.1) is 5.54 Å². The number of halogens is 1. The number of nitrogens with two attached hydrogens (primary N) is 1. The summed E-state index contributed by atoms with van der Waals surface area (Å²) in [6.07, 6.45) is -2.77. The molecule has 0 saturated carbocycles. The molecular formula is C14H16FN5O8S. The number of carboxylic acids is 2. The average molecular weight is 433 g/mol. The topological polar surface area (TPSA) is 194 Å². The average Bonchev–Trinajstić information content (AvgIpc) is 3.05. The van der Waals surface area contributed by atoms with Crippen molar-refractivity contribution in [1.82, 2.24) is 15.4 Å². The minimum absolute atomic E-state index is 0.0252. The quantitative estimate of drug-likeness (QED) is 0.212. The van der Waals surface area contributed by atoms with E-state index in [1.807, 2.05) is 0 Å². The van der Waals surface area contributed by atoms with E-state index in [2.05, 4.69) is 25.1 Å². The maximum atomic E-state index is 13.3. The van der Waals surface area contributed by atoms with Crippen molar-refractivity contribution in [2.75, 3.05) is 12.3 Å². The number of thiazole rings is 1. The number of anilines is 1. The third-order valence-electron chi connectivity index (χ3n) is 3.67. The number of carboxylic acid groups (broad SMARTS) is 2. The SMILES string of the molecule is CC1(C)[C@H](NC(=O)/C(=N\OCC(=O)O)c2csc(N)n2)C(=O)N1OC(F)C(=O)O. The van der Waals surface area contributed by atoms with Crippen LogP contribution in [-0.2, 0) is 28.9 Å². The zero-order chi connectivity index (χ0) is 21.9. The van der Waals surface area contributed by atoms with E-state index >= 15 is 0 Å². The van der Waals surface area contributed by atoms with Crippen LogP contribution in [0.1, 0.15) is 19.5 Å². The molecule has 2 rings (SSSR count). The fraction of sp³-hybridized carbons (Fsp3) is 0.429. The summed E-state index contributed by atoms with van der Waals surface area (Å²) >= 11 is 0.980. The van der Waals surface area contributed by atoms with E-state index in [1.165, 1.54) is 19.2 Å². The van der Waals surface area contributed by atoms with E-state index in [4.69, 9.17) is 15.9 Å². The Hall–Kier alpha value is -3.33. The van der Waals surface area contributed by atoms with Crippen molar-refractivity contribution in [1.29, 1.82) is 0 Å². The fourth-order valence-electron chi connectivity index (χ4n) is 2.27. The highest BCUT2D eigenvalue weighted by atomic mass is 32.1. The molecular weight excluding hydrogens is 417 g/mol. The van der Waals surface area contributed by atoms with Crippen molar-refractivity contribution in [3.63, 3.8) is 0 Å². The highest BCUT2D eigenvalue weighted by molar-refractivity contribution is 7.13. The van der Waals surface area contributed by atoms with E-state index in [-0.39, 0.29) is 10.8 Å². The lowest BCUT2D eigenvalue weighted by Crippen LogP contribution is -2.77. The predicted molar refractivity (Wildman–Crippen MR) is 93.1 cm³/mol. The smallest absolute Gasteiger partial charge is 0.368 e. The Morgan fingerprint density at radius 1 is 1.48 bits per heavy atom. The lowest BCUT2D eigenvalue weighted by molar-refractivity contribution is -0.294. The molecule has 0 bridgehead atoms. The van der Waals surface area contributed by atoms with Crippen molar-refractivity contribution in [3.05, 3.63) is 11.1 Å². The van der Waals surface area contributed by atoms with Crippen LogP contribution < -0.4 is 11.1 Å².